The summed E-state index contributed by atoms with van der Waals surface area (Å²) in [5, 5.41) is 5.89. The summed E-state index contributed by atoms with van der Waals surface area (Å²) in [5.74, 6) is 1.16. The van der Waals surface area contributed by atoms with Crippen molar-refractivity contribution in [2.45, 2.75) is 0 Å². The Morgan fingerprint density at radius 1 is 1.69 bits per heavy atom. The minimum absolute atomic E-state index is 0.128. The Balaban J connectivity index is 2.15. The third-order valence-electron chi connectivity index (χ3n) is 2.32. The molecule has 2 heterocycles. The van der Waals surface area contributed by atoms with Gasteiger partial charge in [0, 0.05) is 31.7 Å². The Kier molecular flexibility index (Phi) is 3.46. The summed E-state index contributed by atoms with van der Waals surface area (Å²) < 4.78 is 0. The fourth-order valence-electron chi connectivity index (χ4n) is 1.62. The van der Waals surface area contributed by atoms with Gasteiger partial charge in [-0.25, -0.2) is 9.78 Å². The molecule has 2 amide bonds. The van der Waals surface area contributed by atoms with E-state index in [-0.39, 0.29) is 6.03 Å². The van der Waals surface area contributed by atoms with Gasteiger partial charge in [-0.05, 0) is 12.1 Å². The van der Waals surface area contributed by atoms with Gasteiger partial charge in [-0.2, -0.15) is 0 Å². The Hall–Kier alpha value is -1.49. The predicted octanol–water partition coefficient (Wildman–Crippen LogP) is 1.26. The fourth-order valence-corrected chi connectivity index (χ4v) is 1.71. The number of amides is 2. The molecule has 1 aliphatic rings. The van der Waals surface area contributed by atoms with E-state index in [1.54, 1.807) is 11.1 Å². The summed E-state index contributed by atoms with van der Waals surface area (Å²) in [6, 6.07) is 3.55. The first-order valence-electron chi connectivity index (χ1n) is 5.13. The molecule has 1 aromatic rings. The van der Waals surface area contributed by atoms with E-state index in [4.69, 9.17) is 11.6 Å². The highest BCUT2D eigenvalue weighted by Gasteiger charge is 2.22. The number of hydrogen-bond acceptors (Lipinski definition) is 3. The zero-order valence-corrected chi connectivity index (χ0v) is 9.50. The van der Waals surface area contributed by atoms with Gasteiger partial charge in [0.2, 0.25) is 0 Å². The molecule has 0 spiro atoms. The van der Waals surface area contributed by atoms with Gasteiger partial charge in [0.1, 0.15) is 5.82 Å². The van der Waals surface area contributed by atoms with E-state index < -0.39 is 0 Å². The Labute approximate surface area is 98.8 Å². The molecule has 86 valence electrons. The first-order chi connectivity index (χ1) is 7.83. The first kappa shape index (κ1) is 11.0. The van der Waals surface area contributed by atoms with Crippen molar-refractivity contribution in [3.05, 3.63) is 18.3 Å². The number of nitrogens with one attached hydrogen (secondary N) is 2. The molecule has 0 saturated carbocycles. The van der Waals surface area contributed by atoms with Crippen molar-refractivity contribution in [1.82, 2.24) is 10.3 Å². The molecule has 0 unspecified atom stereocenters. The van der Waals surface area contributed by atoms with Crippen LogP contribution in [0.4, 0.5) is 16.3 Å². The summed E-state index contributed by atoms with van der Waals surface area (Å²) in [6.45, 7) is 1.81. The number of nitrogens with zero attached hydrogens (tertiary/aromatic N) is 2. The van der Waals surface area contributed by atoms with Gasteiger partial charge >= 0.3 is 6.03 Å². The number of pyridine rings is 1. The lowest BCUT2D eigenvalue weighted by molar-refractivity contribution is 0.247. The number of hydrogen-bond donors (Lipinski definition) is 2. The number of alkyl halides is 1. The molecule has 0 aliphatic carbocycles. The molecule has 2 rings (SSSR count). The molecule has 0 radical (unpaired) electrons. The minimum atomic E-state index is -0.128. The van der Waals surface area contributed by atoms with Crippen LogP contribution in [0.3, 0.4) is 0 Å². The summed E-state index contributed by atoms with van der Waals surface area (Å²) in [4.78, 5) is 17.7. The number of fused-ring (bicyclic) bond motifs is 1. The van der Waals surface area contributed by atoms with E-state index in [0.717, 1.165) is 11.5 Å². The van der Waals surface area contributed by atoms with Crippen LogP contribution in [0.25, 0.3) is 0 Å². The lowest BCUT2D eigenvalue weighted by Gasteiger charge is -2.29. The van der Waals surface area contributed by atoms with Crippen molar-refractivity contribution in [3.63, 3.8) is 0 Å². The van der Waals surface area contributed by atoms with Gasteiger partial charge in [-0.1, -0.05) is 0 Å². The van der Waals surface area contributed by atoms with Crippen molar-refractivity contribution in [1.29, 1.82) is 0 Å². The van der Waals surface area contributed by atoms with Crippen LogP contribution in [-0.2, 0) is 0 Å². The van der Waals surface area contributed by atoms with E-state index in [1.165, 1.54) is 0 Å². The van der Waals surface area contributed by atoms with Crippen molar-refractivity contribution in [2.75, 3.05) is 35.7 Å². The number of aromatic nitrogens is 1. The van der Waals surface area contributed by atoms with Gasteiger partial charge in [0.25, 0.3) is 0 Å². The normalized spacial score (nSPS) is 13.9. The second-order valence-corrected chi connectivity index (χ2v) is 3.75. The number of rotatable bonds is 2. The average molecular weight is 241 g/mol. The molecule has 0 saturated heterocycles. The molecule has 2 N–H and O–H groups in total. The smallest absolute Gasteiger partial charge is 0.322 e. The largest absolute Gasteiger partial charge is 0.367 e. The van der Waals surface area contributed by atoms with E-state index in [2.05, 4.69) is 15.6 Å². The first-order valence-corrected chi connectivity index (χ1v) is 5.66. The highest BCUT2D eigenvalue weighted by molar-refractivity contribution is 6.18. The Morgan fingerprint density at radius 3 is 3.38 bits per heavy atom. The topological polar surface area (TPSA) is 57.3 Å². The molecule has 0 atom stereocenters. The maximum atomic E-state index is 11.8. The zero-order valence-electron chi connectivity index (χ0n) is 8.74. The molecule has 0 aromatic carbocycles. The summed E-state index contributed by atoms with van der Waals surface area (Å²) in [6.07, 6.45) is 1.70. The lowest BCUT2D eigenvalue weighted by atomic mass is 10.3. The summed E-state index contributed by atoms with van der Waals surface area (Å²) in [5.41, 5.74) is 0.806. The van der Waals surface area contributed by atoms with E-state index in [1.807, 2.05) is 12.1 Å². The molecular weight excluding hydrogens is 228 g/mol. The monoisotopic (exact) mass is 240 g/mol. The molecule has 0 fully saturated rings. The van der Waals surface area contributed by atoms with Gasteiger partial charge in [-0.3, -0.25) is 4.90 Å². The van der Waals surface area contributed by atoms with E-state index in [9.17, 15) is 4.79 Å². The maximum Gasteiger partial charge on any atom is 0.322 e. The van der Waals surface area contributed by atoms with Crippen molar-refractivity contribution in [2.24, 2.45) is 0 Å². The number of urea groups is 1. The number of carbonyl (C=O) groups excluding carboxylic acids is 1. The van der Waals surface area contributed by atoms with Crippen LogP contribution in [0.5, 0.6) is 0 Å². The highest BCUT2D eigenvalue weighted by Crippen LogP contribution is 2.25. The summed E-state index contributed by atoms with van der Waals surface area (Å²) >= 11 is 5.53. The minimum Gasteiger partial charge on any atom is -0.367 e. The number of halogens is 1. The Bertz CT molecular complexity index is 385. The van der Waals surface area contributed by atoms with Crippen LogP contribution in [-0.4, -0.2) is 36.5 Å². The summed E-state index contributed by atoms with van der Waals surface area (Å²) in [7, 11) is 0. The Morgan fingerprint density at radius 2 is 2.56 bits per heavy atom. The van der Waals surface area contributed by atoms with Gasteiger partial charge in [0.05, 0.1) is 5.69 Å². The van der Waals surface area contributed by atoms with Crippen LogP contribution >= 0.6 is 11.6 Å². The van der Waals surface area contributed by atoms with Crippen LogP contribution < -0.4 is 15.5 Å². The van der Waals surface area contributed by atoms with Crippen LogP contribution in [0.1, 0.15) is 0 Å². The molecule has 6 heteroatoms. The van der Waals surface area contributed by atoms with Crippen molar-refractivity contribution in [3.8, 4) is 0 Å². The van der Waals surface area contributed by atoms with Gasteiger partial charge in [-0.15, -0.1) is 11.6 Å². The lowest BCUT2D eigenvalue weighted by Crippen LogP contribution is -2.45. The highest BCUT2D eigenvalue weighted by atomic mass is 35.5. The molecule has 1 aromatic heterocycles. The molecular formula is C10H13ClN4O. The molecule has 1 aliphatic heterocycles. The molecule has 5 nitrogen and oxygen atoms in total. The fraction of sp³-hybridized carbons (Fsp3) is 0.400. The molecule has 16 heavy (non-hydrogen) atoms. The van der Waals surface area contributed by atoms with Crippen molar-refractivity contribution >= 4 is 29.1 Å². The quantitative estimate of drug-likeness (QED) is 0.766. The van der Waals surface area contributed by atoms with E-state index in [0.29, 0.717) is 25.5 Å². The second kappa shape index (κ2) is 5.03. The second-order valence-electron chi connectivity index (χ2n) is 3.37. The van der Waals surface area contributed by atoms with E-state index >= 15 is 0 Å². The van der Waals surface area contributed by atoms with Crippen LogP contribution in [0.15, 0.2) is 18.3 Å². The maximum absolute atomic E-state index is 11.8. The number of carbonyl (C=O) groups is 1. The van der Waals surface area contributed by atoms with Gasteiger partial charge < -0.3 is 10.6 Å². The third-order valence-corrected chi connectivity index (χ3v) is 2.51. The molecule has 0 bridgehead atoms. The SMILES string of the molecule is O=C(NCCCl)N1CCNc2ncccc21. The number of anilines is 2. The standard InChI is InChI=1S/C10H13ClN4O/c11-3-5-14-10(16)15-7-6-13-9-8(15)2-1-4-12-9/h1-2,4H,3,5-7H2,(H,12,13)(H,14,16). The third kappa shape index (κ3) is 2.19. The van der Waals surface area contributed by atoms with Crippen LogP contribution in [0.2, 0.25) is 0 Å². The van der Waals surface area contributed by atoms with Gasteiger partial charge in [0.15, 0.2) is 0 Å². The average Bonchev–Trinajstić information content (AvgIpc) is 2.35. The predicted molar refractivity (Wildman–Crippen MR) is 64.2 cm³/mol. The zero-order chi connectivity index (χ0) is 11.4. The van der Waals surface area contributed by atoms with Crippen molar-refractivity contribution < 1.29 is 4.79 Å². The van der Waals surface area contributed by atoms with Crippen LogP contribution in [0, 0.1) is 0 Å².